The van der Waals surface area contributed by atoms with Gasteiger partial charge >= 0.3 is 5.97 Å². The predicted octanol–water partition coefficient (Wildman–Crippen LogP) is 4.02. The monoisotopic (exact) mass is 528 g/mol. The maximum absolute atomic E-state index is 12.7. The van der Waals surface area contributed by atoms with Crippen LogP contribution in [0.3, 0.4) is 0 Å². The fraction of sp³-hybridized carbons (Fsp3) is 0.238. The van der Waals surface area contributed by atoms with Crippen LogP contribution in [-0.4, -0.2) is 57.5 Å². The van der Waals surface area contributed by atoms with Crippen LogP contribution < -0.4 is 5.32 Å². The van der Waals surface area contributed by atoms with Crippen molar-refractivity contribution in [3.63, 3.8) is 0 Å². The molecular formula is C21H18Cl2N2O6S2. The SMILES string of the molecule is O=C(COC(=O)c1sc2cc(Cl)ccc2c1Cl)Nc1ccc(S(=O)(=O)N2CCOCC2)cc1. The van der Waals surface area contributed by atoms with Crippen LogP contribution in [0, 0.1) is 0 Å². The van der Waals surface area contributed by atoms with Gasteiger partial charge in [-0.3, -0.25) is 4.79 Å². The number of ether oxygens (including phenoxy) is 2. The zero-order valence-electron chi connectivity index (χ0n) is 17.0. The van der Waals surface area contributed by atoms with E-state index in [1.165, 1.54) is 28.6 Å². The molecule has 1 aliphatic rings. The van der Waals surface area contributed by atoms with Gasteiger partial charge in [0, 0.05) is 33.9 Å². The Kier molecular flexibility index (Phi) is 7.22. The number of thiophene rings is 1. The van der Waals surface area contributed by atoms with Crippen molar-refractivity contribution in [2.24, 2.45) is 0 Å². The van der Waals surface area contributed by atoms with E-state index in [1.807, 2.05) is 0 Å². The van der Waals surface area contributed by atoms with Crippen molar-refractivity contribution in [3.8, 4) is 0 Å². The number of carbonyl (C=O) groups excluding carboxylic acids is 2. The molecule has 0 spiro atoms. The number of halogens is 2. The zero-order valence-corrected chi connectivity index (χ0v) is 20.2. The summed E-state index contributed by atoms with van der Waals surface area (Å²) in [6, 6.07) is 10.8. The molecule has 12 heteroatoms. The zero-order chi connectivity index (χ0) is 23.6. The molecule has 174 valence electrons. The van der Waals surface area contributed by atoms with Crippen molar-refractivity contribution in [2.75, 3.05) is 38.2 Å². The molecule has 33 heavy (non-hydrogen) atoms. The summed E-state index contributed by atoms with van der Waals surface area (Å²) in [7, 11) is -3.63. The number of rotatable bonds is 6. The number of fused-ring (bicyclic) bond motifs is 1. The summed E-state index contributed by atoms with van der Waals surface area (Å²) in [5, 5.41) is 4.00. The van der Waals surface area contributed by atoms with Crippen LogP contribution in [0.15, 0.2) is 47.4 Å². The number of morpholine rings is 1. The number of amides is 1. The Labute approximate surface area is 204 Å². The minimum absolute atomic E-state index is 0.119. The maximum Gasteiger partial charge on any atom is 0.350 e. The summed E-state index contributed by atoms with van der Waals surface area (Å²) in [4.78, 5) is 24.9. The quantitative estimate of drug-likeness (QED) is 0.484. The van der Waals surface area contributed by atoms with E-state index in [0.717, 1.165) is 16.0 Å². The number of benzene rings is 2. The van der Waals surface area contributed by atoms with Crippen molar-refractivity contribution >= 4 is 72.2 Å². The highest BCUT2D eigenvalue weighted by atomic mass is 35.5. The third kappa shape index (κ3) is 5.32. The Morgan fingerprint density at radius 3 is 2.48 bits per heavy atom. The molecule has 4 rings (SSSR count). The number of hydrogen-bond acceptors (Lipinski definition) is 7. The second-order valence-corrected chi connectivity index (χ2v) is 10.9. The van der Waals surface area contributed by atoms with Gasteiger partial charge in [-0.1, -0.05) is 29.3 Å². The minimum Gasteiger partial charge on any atom is -0.451 e. The van der Waals surface area contributed by atoms with E-state index < -0.39 is 28.5 Å². The summed E-state index contributed by atoms with van der Waals surface area (Å²) in [5.74, 6) is -1.30. The van der Waals surface area contributed by atoms with Crippen LogP contribution in [0.2, 0.25) is 10.0 Å². The summed E-state index contributed by atoms with van der Waals surface area (Å²) in [5.41, 5.74) is 0.367. The van der Waals surface area contributed by atoms with Crippen molar-refractivity contribution in [1.29, 1.82) is 0 Å². The lowest BCUT2D eigenvalue weighted by molar-refractivity contribution is -0.119. The first-order chi connectivity index (χ1) is 15.8. The first-order valence-corrected chi connectivity index (χ1v) is 12.8. The van der Waals surface area contributed by atoms with Crippen LogP contribution in [0.25, 0.3) is 10.1 Å². The first kappa shape index (κ1) is 23.9. The molecule has 1 aliphatic heterocycles. The minimum atomic E-state index is -3.63. The van der Waals surface area contributed by atoms with Gasteiger partial charge in [-0.15, -0.1) is 11.3 Å². The summed E-state index contributed by atoms with van der Waals surface area (Å²) < 4.78 is 37.7. The molecule has 0 atom stereocenters. The molecule has 0 radical (unpaired) electrons. The van der Waals surface area contributed by atoms with Gasteiger partial charge in [-0.2, -0.15) is 4.31 Å². The molecule has 0 aliphatic carbocycles. The van der Waals surface area contributed by atoms with E-state index >= 15 is 0 Å². The molecule has 0 bridgehead atoms. The highest BCUT2D eigenvalue weighted by Crippen LogP contribution is 2.37. The molecule has 0 saturated carbocycles. The van der Waals surface area contributed by atoms with Crippen LogP contribution in [0.1, 0.15) is 9.67 Å². The molecule has 8 nitrogen and oxygen atoms in total. The van der Waals surface area contributed by atoms with Crippen LogP contribution in [0.4, 0.5) is 5.69 Å². The topological polar surface area (TPSA) is 102 Å². The molecule has 1 amide bonds. The molecule has 1 N–H and O–H groups in total. The van der Waals surface area contributed by atoms with Crippen molar-refractivity contribution in [1.82, 2.24) is 4.31 Å². The Bertz CT molecular complexity index is 1300. The van der Waals surface area contributed by atoms with Gasteiger partial charge in [0.1, 0.15) is 4.88 Å². The number of esters is 1. The van der Waals surface area contributed by atoms with E-state index in [4.69, 9.17) is 32.7 Å². The number of nitrogens with one attached hydrogen (secondary N) is 1. The average Bonchev–Trinajstić information content (AvgIpc) is 3.14. The van der Waals surface area contributed by atoms with Crippen LogP contribution >= 0.6 is 34.5 Å². The number of anilines is 1. The molecular weight excluding hydrogens is 511 g/mol. The Morgan fingerprint density at radius 2 is 1.79 bits per heavy atom. The maximum atomic E-state index is 12.7. The average molecular weight is 529 g/mol. The highest BCUT2D eigenvalue weighted by molar-refractivity contribution is 7.89. The lowest BCUT2D eigenvalue weighted by atomic mass is 10.2. The second-order valence-electron chi connectivity index (χ2n) is 7.05. The van der Waals surface area contributed by atoms with E-state index in [9.17, 15) is 18.0 Å². The van der Waals surface area contributed by atoms with E-state index in [-0.39, 0.29) is 14.8 Å². The van der Waals surface area contributed by atoms with E-state index in [2.05, 4.69) is 5.32 Å². The third-order valence-corrected chi connectivity index (χ3v) is 8.64. The van der Waals surface area contributed by atoms with Gasteiger partial charge in [0.15, 0.2) is 6.61 Å². The standard InChI is InChI=1S/C21H18Cl2N2O6S2/c22-13-1-6-16-17(11-13)32-20(19(16)23)21(27)31-12-18(26)24-14-2-4-15(5-3-14)33(28,29)25-7-9-30-10-8-25/h1-6,11H,7-10,12H2,(H,24,26). The normalized spacial score (nSPS) is 14.8. The smallest absolute Gasteiger partial charge is 0.350 e. The van der Waals surface area contributed by atoms with Crippen molar-refractivity contribution < 1.29 is 27.5 Å². The van der Waals surface area contributed by atoms with Crippen LogP contribution in [0.5, 0.6) is 0 Å². The van der Waals surface area contributed by atoms with Gasteiger partial charge in [0.05, 0.1) is 23.1 Å². The van der Waals surface area contributed by atoms with Gasteiger partial charge in [-0.25, -0.2) is 13.2 Å². The van der Waals surface area contributed by atoms with E-state index in [0.29, 0.717) is 42.4 Å². The molecule has 3 aromatic rings. The highest BCUT2D eigenvalue weighted by Gasteiger charge is 2.26. The van der Waals surface area contributed by atoms with Crippen molar-refractivity contribution in [2.45, 2.75) is 4.90 Å². The predicted molar refractivity (Wildman–Crippen MR) is 127 cm³/mol. The van der Waals surface area contributed by atoms with Gasteiger partial charge < -0.3 is 14.8 Å². The molecule has 1 fully saturated rings. The van der Waals surface area contributed by atoms with Crippen molar-refractivity contribution in [3.05, 3.63) is 57.4 Å². The summed E-state index contributed by atoms with van der Waals surface area (Å²) in [6.45, 7) is 0.767. The number of sulfonamides is 1. The second kappa shape index (κ2) is 9.96. The lowest BCUT2D eigenvalue weighted by Gasteiger charge is -2.26. The third-order valence-electron chi connectivity index (χ3n) is 4.86. The van der Waals surface area contributed by atoms with E-state index in [1.54, 1.807) is 18.2 Å². The number of hydrogen-bond donors (Lipinski definition) is 1. The molecule has 1 saturated heterocycles. The first-order valence-electron chi connectivity index (χ1n) is 9.78. The van der Waals surface area contributed by atoms with Crippen LogP contribution in [-0.2, 0) is 24.3 Å². The lowest BCUT2D eigenvalue weighted by Crippen LogP contribution is -2.40. The Balaban J connectivity index is 1.35. The fourth-order valence-corrected chi connectivity index (χ4v) is 6.30. The van der Waals surface area contributed by atoms with Gasteiger partial charge in [-0.05, 0) is 36.4 Å². The fourth-order valence-electron chi connectivity index (χ4n) is 3.21. The Morgan fingerprint density at radius 1 is 1.09 bits per heavy atom. The summed E-state index contributed by atoms with van der Waals surface area (Å²) in [6.07, 6.45) is 0. The van der Waals surface area contributed by atoms with Gasteiger partial charge in [0.2, 0.25) is 10.0 Å². The molecule has 0 unspecified atom stereocenters. The molecule has 1 aromatic heterocycles. The molecule has 2 aromatic carbocycles. The number of carbonyl (C=O) groups is 2. The van der Waals surface area contributed by atoms with Gasteiger partial charge in [0.25, 0.3) is 5.91 Å². The summed E-state index contributed by atoms with van der Waals surface area (Å²) >= 11 is 13.4. The molecule has 2 heterocycles. The Hall–Kier alpha value is -2.21. The number of nitrogens with zero attached hydrogens (tertiary/aromatic N) is 1. The largest absolute Gasteiger partial charge is 0.451 e.